The van der Waals surface area contributed by atoms with Gasteiger partial charge in [0.1, 0.15) is 6.04 Å². The zero-order chi connectivity index (χ0) is 15.3. The Labute approximate surface area is 129 Å². The first-order valence-electron chi connectivity index (χ1n) is 6.82. The second kappa shape index (κ2) is 8.02. The highest BCUT2D eigenvalue weighted by molar-refractivity contribution is 8.00. The van der Waals surface area contributed by atoms with E-state index >= 15 is 0 Å². The van der Waals surface area contributed by atoms with Crippen LogP contribution < -0.4 is 0 Å². The summed E-state index contributed by atoms with van der Waals surface area (Å²) in [4.78, 5) is 27.2. The fraction of sp³-hybridized carbons (Fsp3) is 0.846. The number of nitrogens with zero attached hydrogens (tertiary/aromatic N) is 2. The van der Waals surface area contributed by atoms with Gasteiger partial charge < -0.3 is 10.0 Å². The third-order valence-corrected chi connectivity index (χ3v) is 5.68. The Morgan fingerprint density at radius 3 is 2.70 bits per heavy atom. The zero-order valence-electron chi connectivity index (χ0n) is 12.5. The fourth-order valence-corrected chi connectivity index (χ4v) is 4.42. The molecule has 2 amide bonds. The van der Waals surface area contributed by atoms with Crippen molar-refractivity contribution in [3.05, 3.63) is 0 Å². The number of aliphatic carboxylic acids is 1. The summed E-state index contributed by atoms with van der Waals surface area (Å²) in [6.45, 7) is 4.04. The molecule has 0 radical (unpaired) electrons. The number of carbonyl (C=O) groups is 2. The Hall–Kier alpha value is -0.560. The average Bonchev–Trinajstić information content (AvgIpc) is 2.81. The molecule has 7 heteroatoms. The van der Waals surface area contributed by atoms with Gasteiger partial charge in [0.15, 0.2) is 0 Å². The van der Waals surface area contributed by atoms with Gasteiger partial charge in [-0.15, -0.1) is 11.8 Å². The fourth-order valence-electron chi connectivity index (χ4n) is 2.20. The lowest BCUT2D eigenvalue weighted by molar-refractivity contribution is -0.141. The van der Waals surface area contributed by atoms with Gasteiger partial charge in [-0.05, 0) is 19.6 Å². The Balaban J connectivity index is 2.85. The van der Waals surface area contributed by atoms with E-state index in [2.05, 4.69) is 6.92 Å². The third-order valence-electron chi connectivity index (χ3n) is 3.50. The van der Waals surface area contributed by atoms with Crippen LogP contribution in [-0.4, -0.2) is 69.2 Å². The van der Waals surface area contributed by atoms with Crippen LogP contribution in [0.25, 0.3) is 0 Å². The van der Waals surface area contributed by atoms with Crippen molar-refractivity contribution in [1.82, 2.24) is 9.80 Å². The number of carbonyl (C=O) groups excluding carboxylic acids is 1. The molecule has 1 fully saturated rings. The molecule has 1 heterocycles. The summed E-state index contributed by atoms with van der Waals surface area (Å²) in [5.41, 5.74) is 0. The molecule has 5 nitrogen and oxygen atoms in total. The molecule has 0 saturated carbocycles. The summed E-state index contributed by atoms with van der Waals surface area (Å²) in [7, 11) is 1.76. The minimum atomic E-state index is -0.907. The Bertz CT molecular complexity index is 355. The normalized spacial score (nSPS) is 23.7. The first-order valence-corrected chi connectivity index (χ1v) is 9.26. The van der Waals surface area contributed by atoms with Gasteiger partial charge in [-0.2, -0.15) is 11.8 Å². The second-order valence-corrected chi connectivity index (χ2v) is 7.16. The van der Waals surface area contributed by atoms with Crippen LogP contribution in [0.4, 0.5) is 4.79 Å². The number of carboxylic acid groups (broad SMARTS) is 1. The topological polar surface area (TPSA) is 60.9 Å². The maximum Gasteiger partial charge on any atom is 0.327 e. The SMILES string of the molecule is CCCC1SCC(C(=O)O)N1C(=O)N(C)C(C)CSC. The van der Waals surface area contributed by atoms with Crippen molar-refractivity contribution in [1.29, 1.82) is 0 Å². The van der Waals surface area contributed by atoms with Gasteiger partial charge in [0, 0.05) is 24.6 Å². The predicted molar refractivity (Wildman–Crippen MR) is 85.4 cm³/mol. The lowest BCUT2D eigenvalue weighted by Crippen LogP contribution is -2.53. The summed E-state index contributed by atoms with van der Waals surface area (Å²) < 4.78 is 0. The maximum atomic E-state index is 12.6. The molecule has 1 aliphatic heterocycles. The molecular formula is C13H24N2O3S2. The number of thioether (sulfide) groups is 2. The average molecular weight is 320 g/mol. The molecule has 116 valence electrons. The molecule has 1 rings (SSSR count). The summed E-state index contributed by atoms with van der Waals surface area (Å²) in [6, 6.07) is -0.768. The number of hydrogen-bond donors (Lipinski definition) is 1. The lowest BCUT2D eigenvalue weighted by Gasteiger charge is -2.34. The molecule has 3 atom stereocenters. The second-order valence-electron chi connectivity index (χ2n) is 5.04. The molecule has 0 aromatic heterocycles. The van der Waals surface area contributed by atoms with Crippen LogP contribution >= 0.6 is 23.5 Å². The molecule has 3 unspecified atom stereocenters. The highest BCUT2D eigenvalue weighted by Crippen LogP contribution is 2.33. The highest BCUT2D eigenvalue weighted by atomic mass is 32.2. The van der Waals surface area contributed by atoms with Crippen LogP contribution in [0.5, 0.6) is 0 Å². The molecule has 0 spiro atoms. The Morgan fingerprint density at radius 2 is 2.20 bits per heavy atom. The van der Waals surface area contributed by atoms with Gasteiger partial charge in [0.05, 0.1) is 5.37 Å². The third kappa shape index (κ3) is 3.97. The summed E-state index contributed by atoms with van der Waals surface area (Å²) in [6.07, 6.45) is 3.78. The largest absolute Gasteiger partial charge is 0.480 e. The van der Waals surface area contributed by atoms with E-state index in [0.29, 0.717) is 5.75 Å². The van der Waals surface area contributed by atoms with Crippen molar-refractivity contribution >= 4 is 35.5 Å². The number of hydrogen-bond acceptors (Lipinski definition) is 4. The van der Waals surface area contributed by atoms with Crippen molar-refractivity contribution in [3.63, 3.8) is 0 Å². The van der Waals surface area contributed by atoms with Crippen LogP contribution in [0, 0.1) is 0 Å². The van der Waals surface area contributed by atoms with E-state index in [-0.39, 0.29) is 17.4 Å². The minimum Gasteiger partial charge on any atom is -0.480 e. The van der Waals surface area contributed by atoms with Gasteiger partial charge in [0.2, 0.25) is 0 Å². The summed E-state index contributed by atoms with van der Waals surface area (Å²) in [5.74, 6) is 0.422. The Kier molecular flexibility index (Phi) is 7.02. The maximum absolute atomic E-state index is 12.6. The number of carboxylic acids is 1. The molecule has 1 saturated heterocycles. The van der Waals surface area contributed by atoms with E-state index in [1.165, 1.54) is 0 Å². The van der Waals surface area contributed by atoms with Crippen molar-refractivity contribution in [2.45, 2.75) is 44.1 Å². The van der Waals surface area contributed by atoms with Crippen molar-refractivity contribution in [2.24, 2.45) is 0 Å². The standard InChI is InChI=1S/C13H24N2O3S2/c1-5-6-11-15(10(8-20-11)12(16)17)13(18)14(3)9(2)7-19-4/h9-11H,5-8H2,1-4H3,(H,16,17). The minimum absolute atomic E-state index is 0.0162. The van der Waals surface area contributed by atoms with Crippen LogP contribution in [0.1, 0.15) is 26.7 Å². The van der Waals surface area contributed by atoms with Crippen molar-refractivity contribution in [2.75, 3.05) is 24.8 Å². The molecule has 0 aromatic rings. The molecular weight excluding hydrogens is 296 g/mol. The quantitative estimate of drug-likeness (QED) is 0.814. The van der Waals surface area contributed by atoms with Crippen LogP contribution in [0.2, 0.25) is 0 Å². The first kappa shape index (κ1) is 17.5. The monoisotopic (exact) mass is 320 g/mol. The molecule has 20 heavy (non-hydrogen) atoms. The smallest absolute Gasteiger partial charge is 0.327 e. The number of amides is 2. The predicted octanol–water partition coefficient (Wildman–Crippen LogP) is 2.42. The van der Waals surface area contributed by atoms with Crippen LogP contribution in [-0.2, 0) is 4.79 Å². The van der Waals surface area contributed by atoms with Crippen LogP contribution in [0.15, 0.2) is 0 Å². The summed E-state index contributed by atoms with van der Waals surface area (Å²) in [5, 5.41) is 9.30. The highest BCUT2D eigenvalue weighted by Gasteiger charge is 2.42. The number of urea groups is 1. The Morgan fingerprint density at radius 1 is 1.55 bits per heavy atom. The first-order chi connectivity index (χ1) is 9.43. The van der Waals surface area contributed by atoms with E-state index in [1.807, 2.05) is 13.2 Å². The van der Waals surface area contributed by atoms with Gasteiger partial charge in [-0.3, -0.25) is 4.90 Å². The van der Waals surface area contributed by atoms with Crippen LogP contribution in [0.3, 0.4) is 0 Å². The molecule has 0 aliphatic carbocycles. The van der Waals surface area contributed by atoms with E-state index in [9.17, 15) is 14.7 Å². The van der Waals surface area contributed by atoms with E-state index < -0.39 is 12.0 Å². The molecule has 0 aromatic carbocycles. The van der Waals surface area contributed by atoms with Gasteiger partial charge in [-0.25, -0.2) is 9.59 Å². The van der Waals surface area contributed by atoms with Crippen molar-refractivity contribution < 1.29 is 14.7 Å². The lowest BCUT2D eigenvalue weighted by atomic mass is 10.2. The van der Waals surface area contributed by atoms with E-state index in [0.717, 1.165) is 18.6 Å². The summed E-state index contributed by atoms with van der Waals surface area (Å²) >= 11 is 3.26. The number of rotatable bonds is 6. The van der Waals surface area contributed by atoms with Crippen molar-refractivity contribution in [3.8, 4) is 0 Å². The molecule has 0 bridgehead atoms. The van der Waals surface area contributed by atoms with Gasteiger partial charge in [-0.1, -0.05) is 13.3 Å². The molecule has 1 N–H and O–H groups in total. The van der Waals surface area contributed by atoms with Gasteiger partial charge >= 0.3 is 12.0 Å². The van der Waals surface area contributed by atoms with Gasteiger partial charge in [0.25, 0.3) is 0 Å². The zero-order valence-corrected chi connectivity index (χ0v) is 14.2. The van der Waals surface area contributed by atoms with E-state index in [1.54, 1.807) is 40.4 Å². The molecule has 1 aliphatic rings. The van der Waals surface area contributed by atoms with E-state index in [4.69, 9.17) is 0 Å².